The van der Waals surface area contributed by atoms with Crippen LogP contribution in [0.3, 0.4) is 0 Å². The maximum atomic E-state index is 12.8. The first-order valence-electron chi connectivity index (χ1n) is 9.12. The lowest BCUT2D eigenvalue weighted by molar-refractivity contribution is -0.120. The molecule has 0 bridgehead atoms. The number of rotatable bonds is 4. The maximum Gasteiger partial charge on any atom is 0.234 e. The second-order valence-electron chi connectivity index (χ2n) is 7.27. The van der Waals surface area contributed by atoms with Crippen molar-refractivity contribution in [2.24, 2.45) is 0 Å². The van der Waals surface area contributed by atoms with Crippen molar-refractivity contribution in [3.05, 3.63) is 77.2 Å². The van der Waals surface area contributed by atoms with Gasteiger partial charge in [-0.1, -0.05) is 30.3 Å². The van der Waals surface area contributed by atoms with Gasteiger partial charge in [0.1, 0.15) is 10.8 Å². The van der Waals surface area contributed by atoms with Gasteiger partial charge in [-0.3, -0.25) is 10.2 Å². The van der Waals surface area contributed by atoms with Crippen LogP contribution in [0.15, 0.2) is 66.0 Å². The van der Waals surface area contributed by atoms with Gasteiger partial charge in [0.25, 0.3) is 0 Å². The number of fused-ring (bicyclic) bond motifs is 1. The van der Waals surface area contributed by atoms with E-state index < -0.39 is 5.41 Å². The van der Waals surface area contributed by atoms with E-state index in [9.17, 15) is 4.79 Å². The van der Waals surface area contributed by atoms with Gasteiger partial charge < -0.3 is 15.5 Å². The third kappa shape index (κ3) is 3.27. The number of thiophene rings is 1. The summed E-state index contributed by atoms with van der Waals surface area (Å²) in [6.45, 7) is 4.40. The van der Waals surface area contributed by atoms with Crippen molar-refractivity contribution < 1.29 is 4.79 Å². The third-order valence-electron chi connectivity index (χ3n) is 5.09. The number of hydrogen-bond donors (Lipinski definition) is 3. The summed E-state index contributed by atoms with van der Waals surface area (Å²) in [5.74, 6) is 0.429. The molecule has 5 nitrogen and oxygen atoms in total. The second kappa shape index (κ2) is 7.13. The standard InChI is InChI=1S/C22H22N4OS/c1-22(2,15-6-4-3-5-7-15)21(27)25-16-8-10-17(11-9-16)26-14-24-20-18(19(26)23)12-13-28-20/h3-13,23-24H,14H2,1-2H3,(H,25,27). The molecule has 0 atom stereocenters. The van der Waals surface area contributed by atoms with Crippen LogP contribution in [0, 0.1) is 5.41 Å². The van der Waals surface area contributed by atoms with Crippen LogP contribution < -0.4 is 15.5 Å². The van der Waals surface area contributed by atoms with Crippen LogP contribution in [0.25, 0.3) is 0 Å². The molecule has 28 heavy (non-hydrogen) atoms. The first-order valence-corrected chi connectivity index (χ1v) is 9.99. The summed E-state index contributed by atoms with van der Waals surface area (Å²) in [5.41, 5.74) is 2.91. The normalized spacial score (nSPS) is 13.6. The van der Waals surface area contributed by atoms with E-state index in [2.05, 4.69) is 10.6 Å². The zero-order valence-electron chi connectivity index (χ0n) is 15.8. The molecule has 142 valence electrons. The molecule has 3 aromatic rings. The number of amidine groups is 1. The topological polar surface area (TPSA) is 68.2 Å². The van der Waals surface area contributed by atoms with Crippen molar-refractivity contribution in [2.45, 2.75) is 19.3 Å². The molecule has 0 unspecified atom stereocenters. The largest absolute Gasteiger partial charge is 0.359 e. The molecular weight excluding hydrogens is 368 g/mol. The van der Waals surface area contributed by atoms with Crippen LogP contribution in [0.4, 0.5) is 16.4 Å². The van der Waals surface area contributed by atoms with E-state index in [1.54, 1.807) is 11.3 Å². The van der Waals surface area contributed by atoms with E-state index in [0.717, 1.165) is 27.5 Å². The lowest BCUT2D eigenvalue weighted by atomic mass is 9.83. The van der Waals surface area contributed by atoms with Gasteiger partial charge in [-0.05, 0) is 55.1 Å². The van der Waals surface area contributed by atoms with Gasteiger partial charge in [0.05, 0.1) is 17.6 Å². The minimum atomic E-state index is -0.631. The van der Waals surface area contributed by atoms with Crippen LogP contribution >= 0.6 is 11.3 Å². The molecule has 2 aromatic carbocycles. The van der Waals surface area contributed by atoms with Crippen molar-refractivity contribution in [1.29, 1.82) is 5.41 Å². The fraction of sp³-hybridized carbons (Fsp3) is 0.182. The Kier molecular flexibility index (Phi) is 4.65. The molecule has 1 aromatic heterocycles. The Balaban J connectivity index is 1.48. The Bertz CT molecular complexity index is 1010. The number of anilines is 3. The number of carbonyl (C=O) groups excluding carboxylic acids is 1. The molecule has 0 aliphatic carbocycles. The smallest absolute Gasteiger partial charge is 0.234 e. The summed E-state index contributed by atoms with van der Waals surface area (Å²) in [7, 11) is 0. The van der Waals surface area contributed by atoms with Gasteiger partial charge in [0.2, 0.25) is 5.91 Å². The number of amides is 1. The fourth-order valence-corrected chi connectivity index (χ4v) is 4.01. The molecule has 1 amide bonds. The predicted octanol–water partition coefficient (Wildman–Crippen LogP) is 4.88. The minimum absolute atomic E-state index is 0.0539. The van der Waals surface area contributed by atoms with E-state index in [4.69, 9.17) is 5.41 Å². The van der Waals surface area contributed by atoms with Crippen molar-refractivity contribution in [1.82, 2.24) is 0 Å². The van der Waals surface area contributed by atoms with Gasteiger partial charge in [-0.15, -0.1) is 11.3 Å². The van der Waals surface area contributed by atoms with Crippen LogP contribution in [0.1, 0.15) is 25.0 Å². The quantitative estimate of drug-likeness (QED) is 0.595. The molecular formula is C22H22N4OS. The average molecular weight is 391 g/mol. The maximum absolute atomic E-state index is 12.8. The first-order chi connectivity index (χ1) is 13.5. The molecule has 0 radical (unpaired) electrons. The molecule has 0 saturated carbocycles. The molecule has 0 fully saturated rings. The van der Waals surface area contributed by atoms with E-state index >= 15 is 0 Å². The second-order valence-corrected chi connectivity index (χ2v) is 8.18. The first kappa shape index (κ1) is 18.3. The zero-order valence-corrected chi connectivity index (χ0v) is 16.6. The summed E-state index contributed by atoms with van der Waals surface area (Å²) in [6, 6.07) is 19.4. The fourth-order valence-electron chi connectivity index (χ4n) is 3.23. The Hall–Kier alpha value is -3.12. The summed E-state index contributed by atoms with van der Waals surface area (Å²) in [6.07, 6.45) is 0. The molecule has 1 aliphatic rings. The Morgan fingerprint density at radius 2 is 1.82 bits per heavy atom. The lowest BCUT2D eigenvalue weighted by Gasteiger charge is -2.30. The van der Waals surface area contributed by atoms with Crippen LogP contribution in [0.2, 0.25) is 0 Å². The Morgan fingerprint density at radius 3 is 2.54 bits per heavy atom. The molecule has 6 heteroatoms. The minimum Gasteiger partial charge on any atom is -0.359 e. The van der Waals surface area contributed by atoms with Gasteiger partial charge in [-0.25, -0.2) is 0 Å². The van der Waals surface area contributed by atoms with Crippen molar-refractivity contribution in [2.75, 3.05) is 22.2 Å². The van der Waals surface area contributed by atoms with Crippen molar-refractivity contribution >= 4 is 39.5 Å². The van der Waals surface area contributed by atoms with Crippen LogP contribution in [-0.4, -0.2) is 18.4 Å². The molecule has 4 rings (SSSR count). The molecule has 2 heterocycles. The van der Waals surface area contributed by atoms with E-state index in [0.29, 0.717) is 12.5 Å². The highest BCUT2D eigenvalue weighted by molar-refractivity contribution is 7.14. The van der Waals surface area contributed by atoms with Crippen molar-refractivity contribution in [3.8, 4) is 0 Å². The van der Waals surface area contributed by atoms with Gasteiger partial charge in [-0.2, -0.15) is 0 Å². The molecule has 1 aliphatic heterocycles. The van der Waals surface area contributed by atoms with E-state index in [-0.39, 0.29) is 5.91 Å². The highest BCUT2D eigenvalue weighted by atomic mass is 32.1. The van der Waals surface area contributed by atoms with E-state index in [1.807, 2.05) is 84.8 Å². The lowest BCUT2D eigenvalue weighted by Crippen LogP contribution is -2.39. The number of nitrogens with zero attached hydrogens (tertiary/aromatic N) is 1. The number of carbonyl (C=O) groups is 1. The summed E-state index contributed by atoms with van der Waals surface area (Å²) >= 11 is 1.61. The van der Waals surface area contributed by atoms with Gasteiger partial charge in [0, 0.05) is 11.4 Å². The number of hydrogen-bond acceptors (Lipinski definition) is 4. The van der Waals surface area contributed by atoms with Crippen LogP contribution in [-0.2, 0) is 10.2 Å². The Labute approximate surface area is 168 Å². The number of benzene rings is 2. The molecule has 0 spiro atoms. The van der Waals surface area contributed by atoms with Crippen molar-refractivity contribution in [3.63, 3.8) is 0 Å². The number of nitrogens with one attached hydrogen (secondary N) is 3. The van der Waals surface area contributed by atoms with Gasteiger partial charge in [0.15, 0.2) is 0 Å². The summed E-state index contributed by atoms with van der Waals surface area (Å²) in [5, 5.41) is 17.8. The van der Waals surface area contributed by atoms with Crippen LogP contribution in [0.5, 0.6) is 0 Å². The third-order valence-corrected chi connectivity index (χ3v) is 5.96. The Morgan fingerprint density at radius 1 is 1.11 bits per heavy atom. The predicted molar refractivity (Wildman–Crippen MR) is 117 cm³/mol. The molecule has 0 saturated heterocycles. The highest BCUT2D eigenvalue weighted by Gasteiger charge is 2.29. The van der Waals surface area contributed by atoms with Gasteiger partial charge >= 0.3 is 0 Å². The summed E-state index contributed by atoms with van der Waals surface area (Å²) < 4.78 is 0. The van der Waals surface area contributed by atoms with E-state index in [1.165, 1.54) is 0 Å². The summed E-state index contributed by atoms with van der Waals surface area (Å²) in [4.78, 5) is 14.7. The SMILES string of the molecule is CC(C)(C(=O)Nc1ccc(N2CNc3sccc3C2=N)cc1)c1ccccc1. The monoisotopic (exact) mass is 390 g/mol. The molecule has 3 N–H and O–H groups in total. The highest BCUT2D eigenvalue weighted by Crippen LogP contribution is 2.31. The average Bonchev–Trinajstić information content (AvgIpc) is 3.19. The zero-order chi connectivity index (χ0) is 19.7.